The van der Waals surface area contributed by atoms with E-state index in [0.29, 0.717) is 0 Å². The first-order valence-corrected chi connectivity index (χ1v) is 11.2. The first-order chi connectivity index (χ1) is 14.9. The molecule has 6 rings (SSSR count). The van der Waals surface area contributed by atoms with E-state index >= 15 is 0 Å². The molecule has 1 nitrogen and oxygen atoms in total. The largest absolute Gasteiger partial charge is 0.256 e. The highest BCUT2D eigenvalue weighted by molar-refractivity contribution is 6.97. The van der Waals surface area contributed by atoms with Crippen LogP contribution in [0.5, 0.6) is 0 Å². The van der Waals surface area contributed by atoms with Crippen molar-refractivity contribution in [3.8, 4) is 11.3 Å². The topological polar surface area (TPSA) is 12.9 Å². The molecule has 3 aromatic carbocycles. The minimum absolute atomic E-state index is 0.0651. The van der Waals surface area contributed by atoms with E-state index in [1.54, 1.807) is 0 Å². The van der Waals surface area contributed by atoms with Gasteiger partial charge in [0.15, 0.2) is 0 Å². The Kier molecular flexibility index (Phi) is 3.73. The Hall–Kier alpha value is -3.13. The summed E-state index contributed by atoms with van der Waals surface area (Å²) in [6, 6.07) is 29.1. The smallest absolute Gasteiger partial charge is 0.242 e. The summed E-state index contributed by atoms with van der Waals surface area (Å²) in [5.41, 5.74) is 12.3. The molecule has 2 aliphatic rings. The molecule has 2 aliphatic heterocycles. The lowest BCUT2D eigenvalue weighted by Crippen LogP contribution is -2.66. The molecule has 0 bridgehead atoms. The van der Waals surface area contributed by atoms with Crippen molar-refractivity contribution >= 4 is 23.1 Å². The molecule has 0 fully saturated rings. The maximum atomic E-state index is 4.69. The van der Waals surface area contributed by atoms with Gasteiger partial charge in [-0.15, -0.1) is 0 Å². The van der Waals surface area contributed by atoms with Gasteiger partial charge in [-0.25, -0.2) is 0 Å². The molecule has 0 N–H and O–H groups in total. The first kappa shape index (κ1) is 18.6. The lowest BCUT2D eigenvalue weighted by Gasteiger charge is -2.46. The molecule has 0 radical (unpaired) electrons. The van der Waals surface area contributed by atoms with Crippen molar-refractivity contribution in [3.05, 3.63) is 107 Å². The van der Waals surface area contributed by atoms with E-state index in [9.17, 15) is 0 Å². The van der Waals surface area contributed by atoms with E-state index in [-0.39, 0.29) is 17.5 Å². The Morgan fingerprint density at radius 2 is 1.13 bits per heavy atom. The standard InChI is InChI=1S/C29H26BN/c1-28(2)20-11-5-7-13-24(20)30-25-14-8-6-12-21(25)29(3,4)23-18-19(17-22(28)27(23)30)26-15-9-10-16-31-26/h5-18H,1-4H3. The van der Waals surface area contributed by atoms with E-state index in [4.69, 9.17) is 4.98 Å². The van der Waals surface area contributed by atoms with Gasteiger partial charge >= 0.3 is 0 Å². The third-order valence-electron chi connectivity index (χ3n) is 7.67. The van der Waals surface area contributed by atoms with Crippen LogP contribution >= 0.6 is 0 Å². The first-order valence-electron chi connectivity index (χ1n) is 11.2. The Labute approximate surface area is 185 Å². The van der Waals surface area contributed by atoms with Gasteiger partial charge in [-0.1, -0.05) is 98.7 Å². The van der Waals surface area contributed by atoms with Crippen LogP contribution in [0.2, 0.25) is 0 Å². The van der Waals surface area contributed by atoms with E-state index < -0.39 is 0 Å². The molecular weight excluding hydrogens is 373 g/mol. The fraction of sp³-hybridized carbons (Fsp3) is 0.207. The Balaban J connectivity index is 1.77. The summed E-state index contributed by atoms with van der Waals surface area (Å²) in [6.45, 7) is 9.82. The van der Waals surface area contributed by atoms with Crippen molar-refractivity contribution in [2.45, 2.75) is 38.5 Å². The average Bonchev–Trinajstić information content (AvgIpc) is 2.79. The highest BCUT2D eigenvalue weighted by atomic mass is 14.7. The monoisotopic (exact) mass is 399 g/mol. The molecule has 2 heteroatoms. The highest BCUT2D eigenvalue weighted by Gasteiger charge is 2.48. The van der Waals surface area contributed by atoms with Crippen molar-refractivity contribution in [2.75, 3.05) is 0 Å². The zero-order chi connectivity index (χ0) is 21.4. The van der Waals surface area contributed by atoms with Crippen LogP contribution < -0.4 is 16.4 Å². The molecular formula is C29H26BN. The van der Waals surface area contributed by atoms with Crippen molar-refractivity contribution in [1.29, 1.82) is 0 Å². The summed E-state index contributed by atoms with van der Waals surface area (Å²) in [5, 5.41) is 0. The lowest BCUT2D eigenvalue weighted by atomic mass is 9.27. The lowest BCUT2D eigenvalue weighted by molar-refractivity contribution is 0.622. The molecule has 0 aliphatic carbocycles. The van der Waals surface area contributed by atoms with E-state index in [0.717, 1.165) is 5.69 Å². The number of hydrogen-bond acceptors (Lipinski definition) is 1. The molecule has 31 heavy (non-hydrogen) atoms. The number of hydrogen-bond donors (Lipinski definition) is 0. The highest BCUT2D eigenvalue weighted by Crippen LogP contribution is 2.42. The molecule has 0 spiro atoms. The van der Waals surface area contributed by atoms with E-state index in [1.165, 1.54) is 44.2 Å². The third kappa shape index (κ3) is 2.42. The second kappa shape index (κ2) is 6.20. The van der Waals surface area contributed by atoms with Crippen LogP contribution in [0.3, 0.4) is 0 Å². The van der Waals surface area contributed by atoms with Crippen LogP contribution in [-0.4, -0.2) is 11.7 Å². The van der Waals surface area contributed by atoms with Gasteiger partial charge in [0, 0.05) is 22.6 Å². The second-order valence-electron chi connectivity index (χ2n) is 10.1. The van der Waals surface area contributed by atoms with Crippen LogP contribution in [-0.2, 0) is 10.8 Å². The van der Waals surface area contributed by atoms with E-state index in [2.05, 4.69) is 100 Å². The Morgan fingerprint density at radius 1 is 0.613 bits per heavy atom. The zero-order valence-corrected chi connectivity index (χ0v) is 18.6. The van der Waals surface area contributed by atoms with Gasteiger partial charge in [-0.3, -0.25) is 4.98 Å². The predicted molar refractivity (Wildman–Crippen MR) is 131 cm³/mol. The summed E-state index contributed by atoms with van der Waals surface area (Å²) >= 11 is 0. The number of pyridine rings is 1. The summed E-state index contributed by atoms with van der Waals surface area (Å²) in [6.07, 6.45) is 1.89. The van der Waals surface area contributed by atoms with Crippen molar-refractivity contribution in [2.24, 2.45) is 0 Å². The van der Waals surface area contributed by atoms with Gasteiger partial charge in [0.2, 0.25) is 6.71 Å². The molecule has 150 valence electrons. The van der Waals surface area contributed by atoms with Crippen LogP contribution in [0.25, 0.3) is 11.3 Å². The fourth-order valence-electron chi connectivity index (χ4n) is 6.08. The minimum atomic E-state index is -0.0651. The van der Waals surface area contributed by atoms with Crippen molar-refractivity contribution in [3.63, 3.8) is 0 Å². The van der Waals surface area contributed by atoms with Crippen molar-refractivity contribution < 1.29 is 0 Å². The summed E-state index contributed by atoms with van der Waals surface area (Å²) in [7, 11) is 0. The molecule has 0 unspecified atom stereocenters. The van der Waals surface area contributed by atoms with Gasteiger partial charge in [0.25, 0.3) is 0 Å². The molecule has 0 atom stereocenters. The summed E-state index contributed by atoms with van der Waals surface area (Å²) in [4.78, 5) is 4.69. The number of rotatable bonds is 1. The fourth-order valence-corrected chi connectivity index (χ4v) is 6.08. The van der Waals surface area contributed by atoms with Gasteiger partial charge < -0.3 is 0 Å². The molecule has 1 aromatic heterocycles. The molecule has 0 saturated carbocycles. The quantitative estimate of drug-likeness (QED) is 0.428. The number of aromatic nitrogens is 1. The predicted octanol–water partition coefficient (Wildman–Crippen LogP) is 4.54. The number of nitrogens with zero attached hydrogens (tertiary/aromatic N) is 1. The van der Waals surface area contributed by atoms with Gasteiger partial charge in [0.1, 0.15) is 0 Å². The second-order valence-corrected chi connectivity index (χ2v) is 10.1. The van der Waals surface area contributed by atoms with E-state index in [1.807, 2.05) is 12.3 Å². The molecule has 0 amide bonds. The maximum absolute atomic E-state index is 4.69. The van der Waals surface area contributed by atoms with Gasteiger partial charge in [-0.05, 0) is 46.5 Å². The van der Waals surface area contributed by atoms with Crippen LogP contribution in [0, 0.1) is 0 Å². The molecule has 0 saturated heterocycles. The van der Waals surface area contributed by atoms with Crippen LogP contribution in [0.4, 0.5) is 0 Å². The van der Waals surface area contributed by atoms with Crippen LogP contribution in [0.1, 0.15) is 49.9 Å². The summed E-state index contributed by atoms with van der Waals surface area (Å²) in [5.74, 6) is 0. The molecule has 4 aromatic rings. The minimum Gasteiger partial charge on any atom is -0.256 e. The number of benzene rings is 3. The Morgan fingerprint density at radius 3 is 1.65 bits per heavy atom. The number of fused-ring (bicyclic) bond motifs is 4. The van der Waals surface area contributed by atoms with Crippen molar-refractivity contribution in [1.82, 2.24) is 4.98 Å². The molecule has 3 heterocycles. The zero-order valence-electron chi connectivity index (χ0n) is 18.6. The normalized spacial score (nSPS) is 16.8. The van der Waals surface area contributed by atoms with Crippen LogP contribution in [0.15, 0.2) is 85.1 Å². The average molecular weight is 399 g/mol. The third-order valence-corrected chi connectivity index (χ3v) is 7.67. The van der Waals surface area contributed by atoms with Gasteiger partial charge in [0.05, 0.1) is 5.69 Å². The maximum Gasteiger partial charge on any atom is 0.242 e. The SMILES string of the molecule is CC1(C)c2ccccc2B2c3ccccc3C(C)(C)c3cc(-c4ccccn4)cc1c32. The summed E-state index contributed by atoms with van der Waals surface area (Å²) < 4.78 is 0. The Bertz CT molecular complexity index is 1250. The van der Waals surface area contributed by atoms with Gasteiger partial charge in [-0.2, -0.15) is 0 Å².